The molecule has 0 fully saturated rings. The number of aliphatic hydroxyl groups is 1. The molecule has 1 heterocycles. The Hall–Kier alpha value is -0.980. The number of terminal acetylenes is 1. The summed E-state index contributed by atoms with van der Waals surface area (Å²) in [4.78, 5) is 0.852. The summed E-state index contributed by atoms with van der Waals surface area (Å²) in [6.07, 6.45) is 4.87. The number of thiophene rings is 1. The van der Waals surface area contributed by atoms with Gasteiger partial charge in [-0.15, -0.1) is 23.7 Å². The smallest absolute Gasteiger partial charge is 0.129 e. The Labute approximate surface area is 75.8 Å². The SMILES string of the molecule is C#CCC(O)c1cc(OC)cs1. The molecule has 0 aromatic carbocycles. The number of hydrogen-bond donors (Lipinski definition) is 1. The first-order valence-electron chi connectivity index (χ1n) is 3.52. The van der Waals surface area contributed by atoms with Crippen molar-refractivity contribution >= 4 is 11.3 Å². The minimum atomic E-state index is -0.552. The molecule has 1 N–H and O–H groups in total. The molecule has 0 saturated carbocycles. The van der Waals surface area contributed by atoms with Gasteiger partial charge in [0.25, 0.3) is 0 Å². The molecule has 0 radical (unpaired) electrons. The van der Waals surface area contributed by atoms with E-state index in [0.717, 1.165) is 10.6 Å². The van der Waals surface area contributed by atoms with Crippen molar-refractivity contribution in [1.29, 1.82) is 0 Å². The van der Waals surface area contributed by atoms with E-state index in [0.29, 0.717) is 6.42 Å². The summed E-state index contributed by atoms with van der Waals surface area (Å²) in [7, 11) is 1.60. The molecule has 0 aliphatic heterocycles. The molecule has 1 aromatic heterocycles. The quantitative estimate of drug-likeness (QED) is 0.722. The third-order valence-corrected chi connectivity index (χ3v) is 2.48. The lowest BCUT2D eigenvalue weighted by atomic mass is 10.2. The predicted octanol–water partition coefficient (Wildman–Crippen LogP) is 1.81. The predicted molar refractivity (Wildman–Crippen MR) is 49.3 cm³/mol. The maximum Gasteiger partial charge on any atom is 0.129 e. The molecule has 12 heavy (non-hydrogen) atoms. The van der Waals surface area contributed by atoms with Gasteiger partial charge < -0.3 is 9.84 Å². The van der Waals surface area contributed by atoms with Crippen LogP contribution in [0.2, 0.25) is 0 Å². The zero-order valence-corrected chi connectivity index (χ0v) is 7.60. The zero-order valence-electron chi connectivity index (χ0n) is 6.78. The zero-order chi connectivity index (χ0) is 8.97. The second-order valence-corrected chi connectivity index (χ2v) is 3.26. The Balaban J connectivity index is 2.69. The van der Waals surface area contributed by atoms with E-state index in [4.69, 9.17) is 11.2 Å². The fourth-order valence-corrected chi connectivity index (χ4v) is 1.67. The van der Waals surface area contributed by atoms with Crippen molar-refractivity contribution in [3.8, 4) is 18.1 Å². The van der Waals surface area contributed by atoms with Crippen molar-refractivity contribution in [2.45, 2.75) is 12.5 Å². The minimum absolute atomic E-state index is 0.351. The molecule has 0 aliphatic carbocycles. The Morgan fingerprint density at radius 1 is 1.83 bits per heavy atom. The van der Waals surface area contributed by atoms with E-state index in [1.807, 2.05) is 5.38 Å². The highest BCUT2D eigenvalue weighted by Crippen LogP contribution is 2.27. The van der Waals surface area contributed by atoms with Gasteiger partial charge in [-0.05, 0) is 6.07 Å². The number of aliphatic hydroxyl groups excluding tert-OH is 1. The van der Waals surface area contributed by atoms with Crippen LogP contribution in [0.15, 0.2) is 11.4 Å². The van der Waals surface area contributed by atoms with Crippen molar-refractivity contribution in [2.75, 3.05) is 7.11 Å². The number of hydrogen-bond acceptors (Lipinski definition) is 3. The summed E-state index contributed by atoms with van der Waals surface area (Å²) >= 11 is 1.45. The summed E-state index contributed by atoms with van der Waals surface area (Å²) in [6, 6.07) is 1.80. The van der Waals surface area contributed by atoms with E-state index >= 15 is 0 Å². The van der Waals surface area contributed by atoms with Gasteiger partial charge in [0.2, 0.25) is 0 Å². The summed E-state index contributed by atoms with van der Waals surface area (Å²) in [5.74, 6) is 3.18. The minimum Gasteiger partial charge on any atom is -0.496 e. The molecule has 0 bridgehead atoms. The van der Waals surface area contributed by atoms with E-state index in [1.54, 1.807) is 13.2 Å². The molecule has 1 unspecified atom stereocenters. The number of rotatable bonds is 3. The molecule has 1 rings (SSSR count). The Morgan fingerprint density at radius 2 is 2.58 bits per heavy atom. The van der Waals surface area contributed by atoms with Crippen molar-refractivity contribution < 1.29 is 9.84 Å². The second-order valence-electron chi connectivity index (χ2n) is 2.31. The molecular formula is C9H10O2S. The van der Waals surface area contributed by atoms with E-state index in [2.05, 4.69) is 5.92 Å². The first-order valence-corrected chi connectivity index (χ1v) is 4.40. The standard InChI is InChI=1S/C9H10O2S/c1-3-4-8(10)9-5-7(11-2)6-12-9/h1,5-6,8,10H,4H2,2H3. The van der Waals surface area contributed by atoms with Gasteiger partial charge in [0.05, 0.1) is 13.2 Å². The lowest BCUT2D eigenvalue weighted by Crippen LogP contribution is -1.91. The molecule has 1 atom stereocenters. The third-order valence-electron chi connectivity index (χ3n) is 1.47. The molecule has 0 amide bonds. The molecule has 0 saturated heterocycles. The molecule has 64 valence electrons. The van der Waals surface area contributed by atoms with Crippen molar-refractivity contribution in [3.05, 3.63) is 16.3 Å². The van der Waals surface area contributed by atoms with Crippen LogP contribution >= 0.6 is 11.3 Å². The Kier molecular flexibility index (Phi) is 3.15. The van der Waals surface area contributed by atoms with Crippen molar-refractivity contribution in [2.24, 2.45) is 0 Å². The lowest BCUT2D eigenvalue weighted by Gasteiger charge is -2.01. The largest absolute Gasteiger partial charge is 0.496 e. The van der Waals surface area contributed by atoms with Gasteiger partial charge in [0.1, 0.15) is 5.75 Å². The van der Waals surface area contributed by atoms with Crippen LogP contribution in [0, 0.1) is 12.3 Å². The van der Waals surface area contributed by atoms with Gasteiger partial charge in [0, 0.05) is 16.7 Å². The van der Waals surface area contributed by atoms with Crippen LogP contribution in [-0.4, -0.2) is 12.2 Å². The van der Waals surface area contributed by atoms with Crippen LogP contribution < -0.4 is 4.74 Å². The van der Waals surface area contributed by atoms with E-state index < -0.39 is 6.10 Å². The third kappa shape index (κ3) is 2.00. The van der Waals surface area contributed by atoms with Crippen molar-refractivity contribution in [3.63, 3.8) is 0 Å². The van der Waals surface area contributed by atoms with Crippen LogP contribution in [0.5, 0.6) is 5.75 Å². The first kappa shape index (κ1) is 9.11. The van der Waals surface area contributed by atoms with Gasteiger partial charge >= 0.3 is 0 Å². The van der Waals surface area contributed by atoms with Crippen LogP contribution in [0.4, 0.5) is 0 Å². The average Bonchev–Trinajstić information content (AvgIpc) is 2.52. The van der Waals surface area contributed by atoms with Gasteiger partial charge in [-0.25, -0.2) is 0 Å². The molecule has 1 aromatic rings. The van der Waals surface area contributed by atoms with E-state index in [-0.39, 0.29) is 0 Å². The van der Waals surface area contributed by atoms with Gasteiger partial charge in [-0.1, -0.05) is 0 Å². The monoisotopic (exact) mass is 182 g/mol. The second kappa shape index (κ2) is 4.15. The van der Waals surface area contributed by atoms with Crippen LogP contribution in [0.25, 0.3) is 0 Å². The lowest BCUT2D eigenvalue weighted by molar-refractivity contribution is 0.187. The molecule has 0 spiro atoms. The fraction of sp³-hybridized carbons (Fsp3) is 0.333. The maximum atomic E-state index is 9.44. The van der Waals surface area contributed by atoms with Crippen LogP contribution in [0.3, 0.4) is 0 Å². The highest BCUT2D eigenvalue weighted by atomic mass is 32.1. The van der Waals surface area contributed by atoms with Gasteiger partial charge in [0.15, 0.2) is 0 Å². The van der Waals surface area contributed by atoms with Crippen LogP contribution in [0.1, 0.15) is 17.4 Å². The highest BCUT2D eigenvalue weighted by molar-refractivity contribution is 7.10. The molecule has 3 heteroatoms. The highest BCUT2D eigenvalue weighted by Gasteiger charge is 2.08. The first-order chi connectivity index (χ1) is 5.77. The normalized spacial score (nSPS) is 12.1. The molecule has 0 aliphatic rings. The van der Waals surface area contributed by atoms with Crippen LogP contribution in [-0.2, 0) is 0 Å². The van der Waals surface area contributed by atoms with E-state index in [9.17, 15) is 5.11 Å². The molecule has 2 nitrogen and oxygen atoms in total. The van der Waals surface area contributed by atoms with Gasteiger partial charge in [-0.2, -0.15) is 0 Å². The average molecular weight is 182 g/mol. The number of methoxy groups -OCH3 is 1. The summed E-state index contributed by atoms with van der Waals surface area (Å²) in [5, 5.41) is 11.3. The van der Waals surface area contributed by atoms with E-state index in [1.165, 1.54) is 11.3 Å². The summed E-state index contributed by atoms with van der Waals surface area (Å²) in [5.41, 5.74) is 0. The summed E-state index contributed by atoms with van der Waals surface area (Å²) < 4.78 is 4.97. The summed E-state index contributed by atoms with van der Waals surface area (Å²) in [6.45, 7) is 0. The Morgan fingerprint density at radius 3 is 3.08 bits per heavy atom. The van der Waals surface area contributed by atoms with Gasteiger partial charge in [-0.3, -0.25) is 0 Å². The maximum absolute atomic E-state index is 9.44. The number of ether oxygens (including phenoxy) is 1. The fourth-order valence-electron chi connectivity index (χ4n) is 0.828. The Bertz CT molecular complexity index is 285. The van der Waals surface area contributed by atoms with Crippen molar-refractivity contribution in [1.82, 2.24) is 0 Å². The topological polar surface area (TPSA) is 29.5 Å². The molecular weight excluding hydrogens is 172 g/mol.